The zero-order valence-electron chi connectivity index (χ0n) is 16.4. The molecule has 0 aliphatic rings. The van der Waals surface area contributed by atoms with Crippen LogP contribution in [0.4, 0.5) is 0 Å². The van der Waals surface area contributed by atoms with Gasteiger partial charge in [0, 0.05) is 26.6 Å². The van der Waals surface area contributed by atoms with Crippen LogP contribution in [0.15, 0.2) is 47.3 Å². The van der Waals surface area contributed by atoms with Crippen molar-refractivity contribution in [1.82, 2.24) is 14.5 Å². The lowest BCUT2D eigenvalue weighted by Crippen LogP contribution is -2.29. The molecule has 1 aromatic heterocycles. The molecule has 148 valence electrons. The first-order chi connectivity index (χ1) is 13.5. The smallest absolute Gasteiger partial charge is 0.328 e. The number of nitrogens with zero attached hydrogens (tertiary/aromatic N) is 2. The monoisotopic (exact) mass is 383 g/mol. The minimum Gasteiger partial charge on any atom is -0.493 e. The Morgan fingerprint density at radius 3 is 2.46 bits per heavy atom. The quantitative estimate of drug-likeness (QED) is 0.647. The molecule has 1 heterocycles. The Kier molecular flexibility index (Phi) is 6.03. The number of methoxy groups -OCH3 is 2. The van der Waals surface area contributed by atoms with Gasteiger partial charge in [-0.05, 0) is 36.2 Å². The Bertz CT molecular complexity index is 1040. The maximum Gasteiger partial charge on any atom is 0.328 e. The third kappa shape index (κ3) is 4.03. The van der Waals surface area contributed by atoms with Crippen LogP contribution in [-0.2, 0) is 24.8 Å². The molecule has 3 aromatic rings. The van der Waals surface area contributed by atoms with Crippen molar-refractivity contribution in [1.29, 1.82) is 0 Å². The van der Waals surface area contributed by atoms with Gasteiger partial charge in [-0.2, -0.15) is 0 Å². The molecule has 0 radical (unpaired) electrons. The fourth-order valence-corrected chi connectivity index (χ4v) is 3.26. The fourth-order valence-electron chi connectivity index (χ4n) is 3.26. The largest absolute Gasteiger partial charge is 0.493 e. The summed E-state index contributed by atoms with van der Waals surface area (Å²) in [5.41, 5.74) is 2.64. The standard InChI is InChI=1S/C21H25N3O4/c1-23-16-6-4-5-7-17(16)24(21(23)26)13-11-20(25)22-12-10-15-8-9-18(27-2)19(14-15)28-3/h4-9,14H,10-13H2,1-3H3,(H,22,25). The molecule has 7 nitrogen and oxygen atoms in total. The predicted molar refractivity (Wildman–Crippen MR) is 108 cm³/mol. The third-order valence-corrected chi connectivity index (χ3v) is 4.80. The van der Waals surface area contributed by atoms with E-state index < -0.39 is 0 Å². The molecule has 2 aromatic carbocycles. The molecule has 0 fully saturated rings. The van der Waals surface area contributed by atoms with E-state index in [1.165, 1.54) is 0 Å². The molecule has 0 saturated carbocycles. The number of carbonyl (C=O) groups is 1. The zero-order chi connectivity index (χ0) is 20.1. The van der Waals surface area contributed by atoms with Gasteiger partial charge in [-0.1, -0.05) is 18.2 Å². The summed E-state index contributed by atoms with van der Waals surface area (Å²) in [5, 5.41) is 2.91. The van der Waals surface area contributed by atoms with Crippen LogP contribution in [0.5, 0.6) is 11.5 Å². The van der Waals surface area contributed by atoms with Crippen LogP contribution in [0, 0.1) is 0 Å². The number of amides is 1. The maximum absolute atomic E-state index is 12.4. The Morgan fingerprint density at radius 2 is 1.75 bits per heavy atom. The van der Waals surface area contributed by atoms with Crippen molar-refractivity contribution in [2.24, 2.45) is 7.05 Å². The second kappa shape index (κ2) is 8.65. The Labute approximate surface area is 163 Å². The average Bonchev–Trinajstić information content (AvgIpc) is 2.96. The molecule has 0 unspecified atom stereocenters. The lowest BCUT2D eigenvalue weighted by Gasteiger charge is -2.10. The minimum atomic E-state index is -0.112. The van der Waals surface area contributed by atoms with Crippen molar-refractivity contribution in [3.05, 3.63) is 58.5 Å². The van der Waals surface area contributed by atoms with Gasteiger partial charge >= 0.3 is 5.69 Å². The maximum atomic E-state index is 12.4. The van der Waals surface area contributed by atoms with Crippen LogP contribution in [0.25, 0.3) is 11.0 Å². The number of imidazole rings is 1. The number of nitrogens with one attached hydrogen (secondary N) is 1. The molecule has 1 N–H and O–H groups in total. The van der Waals surface area contributed by atoms with Crippen LogP contribution in [0.3, 0.4) is 0 Å². The summed E-state index contributed by atoms with van der Waals surface area (Å²) in [6.07, 6.45) is 0.931. The molecule has 1 amide bonds. The molecule has 0 saturated heterocycles. The van der Waals surface area contributed by atoms with E-state index in [1.54, 1.807) is 30.4 Å². The number of ether oxygens (including phenoxy) is 2. The molecular formula is C21H25N3O4. The number of rotatable bonds is 8. The van der Waals surface area contributed by atoms with Gasteiger partial charge in [0.2, 0.25) is 5.91 Å². The molecule has 7 heteroatoms. The van der Waals surface area contributed by atoms with Gasteiger partial charge in [0.15, 0.2) is 11.5 Å². The first-order valence-corrected chi connectivity index (χ1v) is 9.17. The zero-order valence-corrected chi connectivity index (χ0v) is 16.4. The van der Waals surface area contributed by atoms with E-state index in [-0.39, 0.29) is 18.0 Å². The number of carbonyl (C=O) groups excluding carboxylic acids is 1. The number of aryl methyl sites for hydroxylation is 2. The van der Waals surface area contributed by atoms with Crippen molar-refractivity contribution in [2.45, 2.75) is 19.4 Å². The topological polar surface area (TPSA) is 74.5 Å². The predicted octanol–water partition coefficient (Wildman–Crippen LogP) is 2.11. The van der Waals surface area contributed by atoms with Gasteiger partial charge in [0.05, 0.1) is 25.3 Å². The van der Waals surface area contributed by atoms with E-state index in [9.17, 15) is 9.59 Å². The molecule has 0 aliphatic carbocycles. The summed E-state index contributed by atoms with van der Waals surface area (Å²) in [6.45, 7) is 0.862. The molecule has 0 atom stereocenters. The Balaban J connectivity index is 1.55. The van der Waals surface area contributed by atoms with E-state index in [0.29, 0.717) is 31.0 Å². The second-order valence-electron chi connectivity index (χ2n) is 6.52. The number of para-hydroxylation sites is 2. The first kappa shape index (κ1) is 19.5. The summed E-state index contributed by atoms with van der Waals surface area (Å²) in [7, 11) is 4.93. The lowest BCUT2D eigenvalue weighted by molar-refractivity contribution is -0.121. The van der Waals surface area contributed by atoms with E-state index in [1.807, 2.05) is 42.5 Å². The highest BCUT2D eigenvalue weighted by molar-refractivity contribution is 5.77. The Morgan fingerprint density at radius 1 is 1.04 bits per heavy atom. The first-order valence-electron chi connectivity index (χ1n) is 9.17. The summed E-state index contributed by atoms with van der Waals surface area (Å²) < 4.78 is 13.8. The minimum absolute atomic E-state index is 0.0830. The van der Waals surface area contributed by atoms with Crippen molar-refractivity contribution < 1.29 is 14.3 Å². The molecule has 0 aliphatic heterocycles. The summed E-state index contributed by atoms with van der Waals surface area (Å²) in [5.74, 6) is 1.26. The van der Waals surface area contributed by atoms with Crippen LogP contribution < -0.4 is 20.5 Å². The molecule has 0 spiro atoms. The molecular weight excluding hydrogens is 358 g/mol. The van der Waals surface area contributed by atoms with Gasteiger partial charge in [-0.15, -0.1) is 0 Å². The van der Waals surface area contributed by atoms with Crippen molar-refractivity contribution >= 4 is 16.9 Å². The lowest BCUT2D eigenvalue weighted by atomic mass is 10.1. The average molecular weight is 383 g/mol. The summed E-state index contributed by atoms with van der Waals surface area (Å²) >= 11 is 0. The summed E-state index contributed by atoms with van der Waals surface area (Å²) in [6, 6.07) is 13.3. The van der Waals surface area contributed by atoms with Crippen LogP contribution in [-0.4, -0.2) is 35.8 Å². The third-order valence-electron chi connectivity index (χ3n) is 4.80. The van der Waals surface area contributed by atoms with Crippen molar-refractivity contribution in [2.75, 3.05) is 20.8 Å². The van der Waals surface area contributed by atoms with Crippen molar-refractivity contribution in [3.63, 3.8) is 0 Å². The highest BCUT2D eigenvalue weighted by Crippen LogP contribution is 2.27. The van der Waals surface area contributed by atoms with E-state index in [0.717, 1.165) is 16.6 Å². The second-order valence-corrected chi connectivity index (χ2v) is 6.52. The molecule has 0 bridgehead atoms. The number of fused-ring (bicyclic) bond motifs is 1. The van der Waals surface area contributed by atoms with Gasteiger partial charge in [-0.3, -0.25) is 13.9 Å². The highest BCUT2D eigenvalue weighted by Gasteiger charge is 2.11. The van der Waals surface area contributed by atoms with Gasteiger partial charge in [-0.25, -0.2) is 4.79 Å². The van der Waals surface area contributed by atoms with Gasteiger partial charge in [0.1, 0.15) is 0 Å². The molecule has 28 heavy (non-hydrogen) atoms. The van der Waals surface area contributed by atoms with Crippen LogP contribution >= 0.6 is 0 Å². The van der Waals surface area contributed by atoms with Gasteiger partial charge < -0.3 is 14.8 Å². The fraction of sp³-hybridized carbons (Fsp3) is 0.333. The van der Waals surface area contributed by atoms with Crippen molar-refractivity contribution in [3.8, 4) is 11.5 Å². The normalized spacial score (nSPS) is 10.8. The Hall–Kier alpha value is -3.22. The van der Waals surface area contributed by atoms with E-state index in [4.69, 9.17) is 9.47 Å². The van der Waals surface area contributed by atoms with E-state index in [2.05, 4.69) is 5.32 Å². The number of hydrogen-bond acceptors (Lipinski definition) is 4. The highest BCUT2D eigenvalue weighted by atomic mass is 16.5. The van der Waals surface area contributed by atoms with Gasteiger partial charge in [0.25, 0.3) is 0 Å². The van der Waals surface area contributed by atoms with Crippen LogP contribution in [0.2, 0.25) is 0 Å². The number of aromatic nitrogens is 2. The SMILES string of the molecule is COc1ccc(CCNC(=O)CCn2c(=O)n(C)c3ccccc32)cc1OC. The summed E-state index contributed by atoms with van der Waals surface area (Å²) in [4.78, 5) is 24.6. The van der Waals surface area contributed by atoms with E-state index >= 15 is 0 Å². The molecule has 3 rings (SSSR count). The van der Waals surface area contributed by atoms with Crippen LogP contribution in [0.1, 0.15) is 12.0 Å². The number of hydrogen-bond donors (Lipinski definition) is 1. The number of benzene rings is 2.